The molecule has 5 heteroatoms. The number of H-pyrrole nitrogens is 1. The Morgan fingerprint density at radius 2 is 2.21 bits per heavy atom. The minimum atomic E-state index is -0.385. The number of aromatic nitrogens is 2. The topological polar surface area (TPSA) is 58.9 Å². The summed E-state index contributed by atoms with van der Waals surface area (Å²) in [5.74, 6) is 0.222. The van der Waals surface area contributed by atoms with E-state index in [9.17, 15) is 9.18 Å². The van der Waals surface area contributed by atoms with Crippen molar-refractivity contribution in [2.24, 2.45) is 0 Å². The highest BCUT2D eigenvalue weighted by Gasteiger charge is 2.10. The first-order valence-electron chi connectivity index (χ1n) is 5.85. The van der Waals surface area contributed by atoms with E-state index in [2.05, 4.69) is 10.2 Å². The van der Waals surface area contributed by atoms with Crippen LogP contribution in [0.2, 0.25) is 0 Å². The van der Waals surface area contributed by atoms with Gasteiger partial charge in [0.1, 0.15) is 5.76 Å². The number of aromatic amines is 1. The molecule has 2 aromatic heterocycles. The summed E-state index contributed by atoms with van der Waals surface area (Å²) >= 11 is 0. The van der Waals surface area contributed by atoms with Crippen LogP contribution >= 0.6 is 0 Å². The summed E-state index contributed by atoms with van der Waals surface area (Å²) in [5.41, 5.74) is 1.47. The predicted molar refractivity (Wildman–Crippen MR) is 68.6 cm³/mol. The largest absolute Gasteiger partial charge is 0.458 e. The van der Waals surface area contributed by atoms with Gasteiger partial charge in [-0.3, -0.25) is 4.79 Å². The Morgan fingerprint density at radius 3 is 3.00 bits per heavy atom. The molecule has 0 unspecified atom stereocenters. The van der Waals surface area contributed by atoms with Crippen LogP contribution in [0.25, 0.3) is 11.0 Å². The van der Waals surface area contributed by atoms with E-state index in [1.54, 1.807) is 25.1 Å². The molecule has 19 heavy (non-hydrogen) atoms. The van der Waals surface area contributed by atoms with Gasteiger partial charge in [-0.25, -0.2) is 9.49 Å². The molecule has 0 bridgehead atoms. The van der Waals surface area contributed by atoms with E-state index in [1.807, 2.05) is 0 Å². The number of halogens is 1. The fourth-order valence-corrected chi connectivity index (χ4v) is 2.04. The van der Waals surface area contributed by atoms with Crippen LogP contribution in [-0.2, 0) is 6.42 Å². The molecule has 2 heterocycles. The van der Waals surface area contributed by atoms with Crippen LogP contribution in [-0.4, -0.2) is 10.2 Å². The summed E-state index contributed by atoms with van der Waals surface area (Å²) in [4.78, 5) is 11.3. The van der Waals surface area contributed by atoms with E-state index in [0.717, 1.165) is 11.3 Å². The molecule has 0 saturated heterocycles. The number of nitrogens with zero attached hydrogens (tertiary/aromatic N) is 1. The first kappa shape index (κ1) is 11.6. The van der Waals surface area contributed by atoms with Crippen LogP contribution in [0, 0.1) is 12.7 Å². The van der Waals surface area contributed by atoms with Crippen LogP contribution in [0.4, 0.5) is 4.39 Å². The average Bonchev–Trinajstić information content (AvgIpc) is 2.78. The minimum absolute atomic E-state index is 0.243. The monoisotopic (exact) mass is 258 g/mol. The third-order valence-electron chi connectivity index (χ3n) is 3.02. The molecule has 0 amide bonds. The molecule has 0 spiro atoms. The third-order valence-corrected chi connectivity index (χ3v) is 3.02. The zero-order valence-electron chi connectivity index (χ0n) is 10.2. The maximum Gasteiger partial charge on any atom is 0.264 e. The Morgan fingerprint density at radius 1 is 1.37 bits per heavy atom. The Kier molecular flexibility index (Phi) is 2.67. The second kappa shape index (κ2) is 4.35. The van der Waals surface area contributed by atoms with E-state index in [4.69, 9.17) is 4.42 Å². The molecule has 0 radical (unpaired) electrons. The quantitative estimate of drug-likeness (QED) is 0.768. The smallest absolute Gasteiger partial charge is 0.264 e. The lowest BCUT2D eigenvalue weighted by Gasteiger charge is -2.00. The van der Waals surface area contributed by atoms with Crippen LogP contribution in [0.5, 0.6) is 0 Å². The lowest BCUT2D eigenvalue weighted by Crippen LogP contribution is -2.10. The number of para-hydroxylation sites is 1. The van der Waals surface area contributed by atoms with E-state index < -0.39 is 0 Å². The number of hydrogen-bond donors (Lipinski definition) is 1. The predicted octanol–water partition coefficient (Wildman–Crippen LogP) is 2.55. The van der Waals surface area contributed by atoms with Crippen molar-refractivity contribution in [3.05, 3.63) is 63.5 Å². The molecular weight excluding hydrogens is 247 g/mol. The Bertz CT molecular complexity index is 805. The molecule has 3 rings (SSSR count). The number of rotatable bonds is 2. The van der Waals surface area contributed by atoms with Crippen LogP contribution in [0.15, 0.2) is 39.5 Å². The van der Waals surface area contributed by atoms with Gasteiger partial charge in [0.05, 0.1) is 5.69 Å². The highest BCUT2D eigenvalue weighted by Crippen LogP contribution is 2.23. The lowest BCUT2D eigenvalue weighted by molar-refractivity contribution is 0.528. The van der Waals surface area contributed by atoms with Gasteiger partial charge < -0.3 is 4.42 Å². The third kappa shape index (κ3) is 2.14. The van der Waals surface area contributed by atoms with Crippen molar-refractivity contribution in [2.75, 3.05) is 0 Å². The van der Waals surface area contributed by atoms with Gasteiger partial charge in [-0.1, -0.05) is 12.1 Å². The first-order valence-corrected chi connectivity index (χ1v) is 5.85. The molecule has 1 N–H and O–H groups in total. The van der Waals surface area contributed by atoms with Crippen LogP contribution < -0.4 is 5.56 Å². The summed E-state index contributed by atoms with van der Waals surface area (Å²) in [6, 6.07) is 8.03. The maximum absolute atomic E-state index is 13.5. The zero-order valence-corrected chi connectivity index (χ0v) is 10.2. The van der Waals surface area contributed by atoms with Crippen molar-refractivity contribution in [1.82, 2.24) is 10.2 Å². The zero-order chi connectivity index (χ0) is 13.4. The average molecular weight is 258 g/mol. The van der Waals surface area contributed by atoms with E-state index in [-0.39, 0.29) is 17.0 Å². The Balaban J connectivity index is 2.04. The molecule has 0 aliphatic carbocycles. The molecule has 0 aliphatic heterocycles. The molecule has 1 aromatic carbocycles. The fraction of sp³-hybridized carbons (Fsp3) is 0.143. The number of hydrogen-bond acceptors (Lipinski definition) is 3. The summed E-state index contributed by atoms with van der Waals surface area (Å²) in [6.07, 6.45) is 0.414. The molecule has 0 aliphatic rings. The molecular formula is C14H11FN2O2. The summed E-state index contributed by atoms with van der Waals surface area (Å²) in [5, 5.41) is 6.97. The standard InChI is InChI=1S/C14H11FN2O2/c1-8-10(7-13(18)17-16-8)6-11-5-9-3-2-4-12(15)14(9)19-11/h2-5,7H,6H2,1H3,(H,17,18). The number of aryl methyl sites for hydroxylation is 1. The van der Waals surface area contributed by atoms with Gasteiger partial charge in [0.2, 0.25) is 0 Å². The van der Waals surface area contributed by atoms with E-state index >= 15 is 0 Å². The van der Waals surface area contributed by atoms with E-state index in [1.165, 1.54) is 12.1 Å². The SMILES string of the molecule is Cc1n[nH]c(=O)cc1Cc1cc2cccc(F)c2o1. The molecule has 4 nitrogen and oxygen atoms in total. The lowest BCUT2D eigenvalue weighted by atomic mass is 10.1. The van der Waals surface area contributed by atoms with Gasteiger partial charge in [-0.05, 0) is 24.6 Å². The number of nitrogens with one attached hydrogen (secondary N) is 1. The van der Waals surface area contributed by atoms with Crippen molar-refractivity contribution in [1.29, 1.82) is 0 Å². The van der Waals surface area contributed by atoms with Gasteiger partial charge in [-0.2, -0.15) is 5.10 Å². The Labute approximate surface area is 107 Å². The second-order valence-electron chi connectivity index (χ2n) is 4.39. The molecule has 3 aromatic rings. The highest BCUT2D eigenvalue weighted by atomic mass is 19.1. The number of fused-ring (bicyclic) bond motifs is 1. The molecule has 0 atom stereocenters. The van der Waals surface area contributed by atoms with Gasteiger partial charge in [-0.15, -0.1) is 0 Å². The van der Waals surface area contributed by atoms with Crippen molar-refractivity contribution < 1.29 is 8.81 Å². The fourth-order valence-electron chi connectivity index (χ4n) is 2.04. The van der Waals surface area contributed by atoms with Crippen molar-refractivity contribution in [2.45, 2.75) is 13.3 Å². The van der Waals surface area contributed by atoms with Gasteiger partial charge in [0.25, 0.3) is 5.56 Å². The van der Waals surface area contributed by atoms with Crippen LogP contribution in [0.1, 0.15) is 17.0 Å². The summed E-state index contributed by atoms with van der Waals surface area (Å²) < 4.78 is 19.0. The summed E-state index contributed by atoms with van der Waals surface area (Å²) in [7, 11) is 0. The second-order valence-corrected chi connectivity index (χ2v) is 4.39. The van der Waals surface area contributed by atoms with Crippen molar-refractivity contribution in [3.8, 4) is 0 Å². The van der Waals surface area contributed by atoms with Gasteiger partial charge in [0.15, 0.2) is 11.4 Å². The molecule has 0 fully saturated rings. The number of furan rings is 1. The minimum Gasteiger partial charge on any atom is -0.458 e. The molecule has 96 valence electrons. The van der Waals surface area contributed by atoms with Crippen molar-refractivity contribution in [3.63, 3.8) is 0 Å². The van der Waals surface area contributed by atoms with Crippen molar-refractivity contribution >= 4 is 11.0 Å². The maximum atomic E-state index is 13.5. The summed E-state index contributed by atoms with van der Waals surface area (Å²) in [6.45, 7) is 1.80. The number of benzene rings is 1. The van der Waals surface area contributed by atoms with Gasteiger partial charge in [0, 0.05) is 17.9 Å². The Hall–Kier alpha value is -2.43. The van der Waals surface area contributed by atoms with Gasteiger partial charge >= 0.3 is 0 Å². The normalized spacial score (nSPS) is 11.1. The van der Waals surface area contributed by atoms with E-state index in [0.29, 0.717) is 17.6 Å². The highest BCUT2D eigenvalue weighted by molar-refractivity contribution is 5.78. The molecule has 0 saturated carbocycles. The van der Waals surface area contributed by atoms with Crippen LogP contribution in [0.3, 0.4) is 0 Å². The first-order chi connectivity index (χ1) is 9.13.